The van der Waals surface area contributed by atoms with E-state index < -0.39 is 0 Å². The molecule has 0 aromatic heterocycles. The molecule has 0 aromatic rings. The molecule has 0 aromatic carbocycles. The standard InChI is InChI=1S/C16H35N/c1-6-9-10-11-12-13-16(4,5)17(14-7-2)15-8-3/h6-15H2,1-5H3. The van der Waals surface area contributed by atoms with Gasteiger partial charge in [-0.1, -0.05) is 52.9 Å². The van der Waals surface area contributed by atoms with Crippen LogP contribution >= 0.6 is 0 Å². The van der Waals surface area contributed by atoms with E-state index >= 15 is 0 Å². The summed E-state index contributed by atoms with van der Waals surface area (Å²) in [5, 5.41) is 0. The normalized spacial score (nSPS) is 12.4. The minimum Gasteiger partial charge on any atom is -0.298 e. The minimum absolute atomic E-state index is 0.401. The van der Waals surface area contributed by atoms with E-state index in [2.05, 4.69) is 39.5 Å². The van der Waals surface area contributed by atoms with Gasteiger partial charge in [0.25, 0.3) is 0 Å². The van der Waals surface area contributed by atoms with Crippen molar-refractivity contribution >= 4 is 0 Å². The maximum atomic E-state index is 2.69. The Bertz CT molecular complexity index is 157. The Labute approximate surface area is 110 Å². The molecule has 0 saturated carbocycles. The highest BCUT2D eigenvalue weighted by Gasteiger charge is 2.24. The van der Waals surface area contributed by atoms with Gasteiger partial charge in [-0.3, -0.25) is 4.90 Å². The van der Waals surface area contributed by atoms with Gasteiger partial charge in [0.05, 0.1) is 0 Å². The molecule has 1 heteroatoms. The largest absolute Gasteiger partial charge is 0.298 e. The molecule has 0 aliphatic carbocycles. The summed E-state index contributed by atoms with van der Waals surface area (Å²) in [4.78, 5) is 2.69. The van der Waals surface area contributed by atoms with Crippen LogP contribution in [0.25, 0.3) is 0 Å². The molecule has 0 rings (SSSR count). The topological polar surface area (TPSA) is 3.24 Å². The second-order valence-corrected chi connectivity index (χ2v) is 5.96. The molecule has 0 aliphatic rings. The van der Waals surface area contributed by atoms with E-state index in [0.29, 0.717) is 5.54 Å². The van der Waals surface area contributed by atoms with Gasteiger partial charge >= 0.3 is 0 Å². The van der Waals surface area contributed by atoms with Crippen molar-refractivity contribution in [1.82, 2.24) is 4.90 Å². The van der Waals surface area contributed by atoms with E-state index in [9.17, 15) is 0 Å². The summed E-state index contributed by atoms with van der Waals surface area (Å²) in [6.45, 7) is 14.2. The molecule has 0 amide bonds. The highest BCUT2D eigenvalue weighted by Crippen LogP contribution is 2.23. The third-order valence-corrected chi connectivity index (χ3v) is 3.74. The van der Waals surface area contributed by atoms with Crippen molar-refractivity contribution in [3.05, 3.63) is 0 Å². The van der Waals surface area contributed by atoms with Crippen LogP contribution in [0.3, 0.4) is 0 Å². The maximum Gasteiger partial charge on any atom is 0.0153 e. The van der Waals surface area contributed by atoms with Crippen molar-refractivity contribution < 1.29 is 0 Å². The molecular weight excluding hydrogens is 206 g/mol. The third-order valence-electron chi connectivity index (χ3n) is 3.74. The molecule has 0 N–H and O–H groups in total. The molecule has 0 heterocycles. The highest BCUT2D eigenvalue weighted by atomic mass is 15.2. The quantitative estimate of drug-likeness (QED) is 0.447. The SMILES string of the molecule is CCCCCCCC(C)(C)N(CCC)CCC. The zero-order chi connectivity index (χ0) is 13.1. The summed E-state index contributed by atoms with van der Waals surface area (Å²) in [7, 11) is 0. The van der Waals surface area contributed by atoms with Crippen LogP contribution in [0.1, 0.15) is 86.0 Å². The molecule has 0 fully saturated rings. The lowest BCUT2D eigenvalue weighted by Gasteiger charge is -2.38. The average molecular weight is 241 g/mol. The smallest absolute Gasteiger partial charge is 0.0153 e. The molecule has 0 radical (unpaired) electrons. The Morgan fingerprint density at radius 1 is 0.706 bits per heavy atom. The lowest BCUT2D eigenvalue weighted by molar-refractivity contribution is 0.108. The third kappa shape index (κ3) is 7.81. The molecule has 0 unspecified atom stereocenters. The van der Waals surface area contributed by atoms with Crippen molar-refractivity contribution in [3.8, 4) is 0 Å². The van der Waals surface area contributed by atoms with Crippen LogP contribution in [0.4, 0.5) is 0 Å². The van der Waals surface area contributed by atoms with Crippen LogP contribution < -0.4 is 0 Å². The van der Waals surface area contributed by atoms with Gasteiger partial charge in [-0.2, -0.15) is 0 Å². The molecule has 104 valence electrons. The Morgan fingerprint density at radius 3 is 1.71 bits per heavy atom. The highest BCUT2D eigenvalue weighted by molar-refractivity contribution is 4.81. The zero-order valence-electron chi connectivity index (χ0n) is 13.0. The van der Waals surface area contributed by atoms with E-state index in [-0.39, 0.29) is 0 Å². The summed E-state index contributed by atoms with van der Waals surface area (Å²) in [6.07, 6.45) is 10.9. The fourth-order valence-electron chi connectivity index (χ4n) is 2.58. The van der Waals surface area contributed by atoms with Gasteiger partial charge in [0, 0.05) is 5.54 Å². The molecule has 1 nitrogen and oxygen atoms in total. The first-order valence-electron chi connectivity index (χ1n) is 7.83. The van der Waals surface area contributed by atoms with E-state index in [1.54, 1.807) is 0 Å². The number of rotatable bonds is 11. The zero-order valence-corrected chi connectivity index (χ0v) is 13.0. The van der Waals surface area contributed by atoms with Crippen LogP contribution in [-0.2, 0) is 0 Å². The summed E-state index contributed by atoms with van der Waals surface area (Å²) < 4.78 is 0. The van der Waals surface area contributed by atoms with Crippen molar-refractivity contribution in [2.75, 3.05) is 13.1 Å². The van der Waals surface area contributed by atoms with Gasteiger partial charge in [0.1, 0.15) is 0 Å². The van der Waals surface area contributed by atoms with E-state index in [1.807, 2.05) is 0 Å². The van der Waals surface area contributed by atoms with E-state index in [4.69, 9.17) is 0 Å². The molecule has 0 saturated heterocycles. The fourth-order valence-corrected chi connectivity index (χ4v) is 2.58. The molecule has 0 aliphatic heterocycles. The summed E-state index contributed by atoms with van der Waals surface area (Å²) in [6, 6.07) is 0. The number of hydrogen-bond acceptors (Lipinski definition) is 1. The van der Waals surface area contributed by atoms with Crippen molar-refractivity contribution in [1.29, 1.82) is 0 Å². The first-order chi connectivity index (χ1) is 8.08. The van der Waals surface area contributed by atoms with Gasteiger partial charge in [-0.15, -0.1) is 0 Å². The monoisotopic (exact) mass is 241 g/mol. The first-order valence-corrected chi connectivity index (χ1v) is 7.83. The predicted molar refractivity (Wildman–Crippen MR) is 79.6 cm³/mol. The van der Waals surface area contributed by atoms with E-state index in [1.165, 1.54) is 64.5 Å². The Kier molecular flexibility index (Phi) is 9.91. The van der Waals surface area contributed by atoms with Gasteiger partial charge in [-0.05, 0) is 46.2 Å². The summed E-state index contributed by atoms with van der Waals surface area (Å²) >= 11 is 0. The maximum absolute atomic E-state index is 2.69. The van der Waals surface area contributed by atoms with Gasteiger partial charge in [-0.25, -0.2) is 0 Å². The van der Waals surface area contributed by atoms with Crippen LogP contribution in [0.2, 0.25) is 0 Å². The first kappa shape index (κ1) is 17.0. The second kappa shape index (κ2) is 9.94. The molecule has 0 atom stereocenters. The Balaban J connectivity index is 3.94. The van der Waals surface area contributed by atoms with Crippen molar-refractivity contribution in [2.24, 2.45) is 0 Å². The van der Waals surface area contributed by atoms with E-state index in [0.717, 1.165) is 0 Å². The van der Waals surface area contributed by atoms with Crippen LogP contribution in [0, 0.1) is 0 Å². The molecular formula is C16H35N. The molecule has 17 heavy (non-hydrogen) atoms. The van der Waals surface area contributed by atoms with Crippen molar-refractivity contribution in [3.63, 3.8) is 0 Å². The van der Waals surface area contributed by atoms with Gasteiger partial charge in [0.2, 0.25) is 0 Å². The van der Waals surface area contributed by atoms with Gasteiger partial charge < -0.3 is 0 Å². The summed E-state index contributed by atoms with van der Waals surface area (Å²) in [5.41, 5.74) is 0.401. The fraction of sp³-hybridized carbons (Fsp3) is 1.00. The molecule has 0 spiro atoms. The molecule has 0 bridgehead atoms. The average Bonchev–Trinajstić information content (AvgIpc) is 2.28. The van der Waals surface area contributed by atoms with Crippen molar-refractivity contribution in [2.45, 2.75) is 91.5 Å². The number of nitrogens with zero attached hydrogens (tertiary/aromatic N) is 1. The number of hydrogen-bond donors (Lipinski definition) is 0. The van der Waals surface area contributed by atoms with Crippen LogP contribution in [0.15, 0.2) is 0 Å². The Hall–Kier alpha value is -0.0400. The summed E-state index contributed by atoms with van der Waals surface area (Å²) in [5.74, 6) is 0. The van der Waals surface area contributed by atoms with Crippen LogP contribution in [-0.4, -0.2) is 23.5 Å². The number of unbranched alkanes of at least 4 members (excludes halogenated alkanes) is 4. The second-order valence-electron chi connectivity index (χ2n) is 5.96. The predicted octanol–water partition coefficient (Wildman–Crippen LogP) is 5.25. The minimum atomic E-state index is 0.401. The Morgan fingerprint density at radius 2 is 1.24 bits per heavy atom. The lowest BCUT2D eigenvalue weighted by atomic mass is 9.93. The van der Waals surface area contributed by atoms with Gasteiger partial charge in [0.15, 0.2) is 0 Å². The van der Waals surface area contributed by atoms with Crippen LogP contribution in [0.5, 0.6) is 0 Å². The lowest BCUT2D eigenvalue weighted by Crippen LogP contribution is -2.44.